The van der Waals surface area contributed by atoms with Gasteiger partial charge in [0.05, 0.1) is 16.8 Å². The Morgan fingerprint density at radius 3 is 2.19 bits per heavy atom. The van der Waals surface area contributed by atoms with E-state index < -0.39 is 35.3 Å². The molecular formula is C26H23F3N4O4. The first-order valence-corrected chi connectivity index (χ1v) is 11.3. The van der Waals surface area contributed by atoms with Gasteiger partial charge < -0.3 is 25.6 Å². The summed E-state index contributed by atoms with van der Waals surface area (Å²) >= 11 is 0. The van der Waals surface area contributed by atoms with Crippen molar-refractivity contribution >= 4 is 23.5 Å². The number of benzene rings is 3. The topological polar surface area (TPSA) is 105 Å². The second kappa shape index (κ2) is 11.0. The lowest BCUT2D eigenvalue weighted by Gasteiger charge is -2.34. The first-order valence-electron chi connectivity index (χ1n) is 11.3. The lowest BCUT2D eigenvalue weighted by molar-refractivity contribution is 0.0666. The molecular weight excluding hydrogens is 489 g/mol. The van der Waals surface area contributed by atoms with E-state index in [2.05, 4.69) is 5.32 Å². The van der Waals surface area contributed by atoms with Crippen LogP contribution in [0.2, 0.25) is 0 Å². The number of primary amides is 1. The number of hydrogen-bond donors (Lipinski definition) is 2. The maximum Gasteiger partial charge on any atom is 0.322 e. The standard InChI is InChI=1S/C26H23F3N4O4/c27-19-9-8-16(15-37-23-17(24(30)34)4-3-6-21(23)29)14-18(19)25(35)32-10-12-33(13-11-32)26(36)31-22-7-2-1-5-20(22)28/h1-9,14H,10-13,15H2,(H2,30,34)(H,31,36). The minimum atomic E-state index is -0.869. The second-order valence-electron chi connectivity index (χ2n) is 8.27. The quantitative estimate of drug-likeness (QED) is 0.525. The third kappa shape index (κ3) is 5.83. The number of amides is 4. The Morgan fingerprint density at radius 1 is 0.811 bits per heavy atom. The van der Waals surface area contributed by atoms with E-state index >= 15 is 0 Å². The summed E-state index contributed by atoms with van der Waals surface area (Å²) in [4.78, 5) is 39.9. The Kier molecular flexibility index (Phi) is 7.61. The van der Waals surface area contributed by atoms with Crippen molar-refractivity contribution in [3.05, 3.63) is 94.8 Å². The summed E-state index contributed by atoms with van der Waals surface area (Å²) in [6, 6.07) is 12.8. The van der Waals surface area contributed by atoms with Gasteiger partial charge >= 0.3 is 6.03 Å². The van der Waals surface area contributed by atoms with E-state index in [0.717, 1.165) is 12.1 Å². The van der Waals surface area contributed by atoms with Crippen molar-refractivity contribution in [1.82, 2.24) is 9.80 Å². The Morgan fingerprint density at radius 2 is 1.49 bits per heavy atom. The molecule has 3 N–H and O–H groups in total. The van der Waals surface area contributed by atoms with Gasteiger partial charge in [0.15, 0.2) is 11.6 Å². The third-order valence-electron chi connectivity index (χ3n) is 5.85. The molecule has 192 valence electrons. The summed E-state index contributed by atoms with van der Waals surface area (Å²) in [5.74, 6) is -3.89. The molecule has 0 aliphatic carbocycles. The number of para-hydroxylation sites is 2. The summed E-state index contributed by atoms with van der Waals surface area (Å²) in [6.07, 6.45) is 0. The summed E-state index contributed by atoms with van der Waals surface area (Å²) in [6.45, 7) is 0.368. The number of nitrogens with zero attached hydrogens (tertiary/aromatic N) is 2. The number of ether oxygens (including phenoxy) is 1. The molecule has 1 aliphatic rings. The zero-order valence-corrected chi connectivity index (χ0v) is 19.5. The largest absolute Gasteiger partial charge is 0.485 e. The van der Waals surface area contributed by atoms with Crippen molar-refractivity contribution in [2.75, 3.05) is 31.5 Å². The molecule has 4 rings (SSSR count). The molecule has 1 fully saturated rings. The molecule has 0 saturated carbocycles. The number of nitrogens with two attached hydrogens (primary N) is 1. The molecule has 0 radical (unpaired) electrons. The van der Waals surface area contributed by atoms with Crippen LogP contribution in [-0.2, 0) is 6.61 Å². The van der Waals surface area contributed by atoms with Crippen molar-refractivity contribution in [2.45, 2.75) is 6.61 Å². The summed E-state index contributed by atoms with van der Waals surface area (Å²) in [7, 11) is 0. The van der Waals surface area contributed by atoms with Gasteiger partial charge in [-0.2, -0.15) is 0 Å². The highest BCUT2D eigenvalue weighted by Crippen LogP contribution is 2.24. The molecule has 1 aliphatic heterocycles. The van der Waals surface area contributed by atoms with E-state index in [1.54, 1.807) is 6.07 Å². The molecule has 1 saturated heterocycles. The van der Waals surface area contributed by atoms with Crippen LogP contribution in [0, 0.1) is 17.5 Å². The smallest absolute Gasteiger partial charge is 0.322 e. The van der Waals surface area contributed by atoms with Crippen LogP contribution in [-0.4, -0.2) is 53.8 Å². The maximum atomic E-state index is 14.5. The number of anilines is 1. The van der Waals surface area contributed by atoms with Crippen LogP contribution in [0.25, 0.3) is 0 Å². The molecule has 1 heterocycles. The average molecular weight is 512 g/mol. The van der Waals surface area contributed by atoms with Gasteiger partial charge in [-0.15, -0.1) is 0 Å². The van der Waals surface area contributed by atoms with Crippen molar-refractivity contribution in [3.63, 3.8) is 0 Å². The molecule has 0 atom stereocenters. The molecule has 0 spiro atoms. The van der Waals surface area contributed by atoms with E-state index in [-0.39, 0.29) is 55.3 Å². The van der Waals surface area contributed by atoms with Gasteiger partial charge in [0.25, 0.3) is 11.8 Å². The minimum absolute atomic E-state index is 0.0467. The average Bonchev–Trinajstić information content (AvgIpc) is 2.89. The fraction of sp³-hybridized carbons (Fsp3) is 0.192. The van der Waals surface area contributed by atoms with Gasteiger partial charge in [0.2, 0.25) is 0 Å². The molecule has 37 heavy (non-hydrogen) atoms. The number of urea groups is 1. The van der Waals surface area contributed by atoms with Crippen molar-refractivity contribution in [2.24, 2.45) is 5.73 Å². The van der Waals surface area contributed by atoms with E-state index in [1.807, 2.05) is 0 Å². The van der Waals surface area contributed by atoms with Gasteiger partial charge in [0, 0.05) is 26.2 Å². The number of halogens is 3. The number of hydrogen-bond acceptors (Lipinski definition) is 4. The highest BCUT2D eigenvalue weighted by Gasteiger charge is 2.27. The number of piperazine rings is 1. The molecule has 3 aromatic carbocycles. The normalized spacial score (nSPS) is 13.3. The zero-order chi connectivity index (χ0) is 26.5. The van der Waals surface area contributed by atoms with Gasteiger partial charge in [-0.05, 0) is 42.0 Å². The highest BCUT2D eigenvalue weighted by atomic mass is 19.1. The summed E-state index contributed by atoms with van der Waals surface area (Å²) in [5, 5.41) is 2.49. The van der Waals surface area contributed by atoms with E-state index in [0.29, 0.717) is 5.56 Å². The maximum absolute atomic E-state index is 14.5. The molecule has 0 unspecified atom stereocenters. The predicted octanol–water partition coefficient (Wildman–Crippen LogP) is 3.77. The van der Waals surface area contributed by atoms with Gasteiger partial charge in [-0.1, -0.05) is 24.3 Å². The minimum Gasteiger partial charge on any atom is -0.485 e. The van der Waals surface area contributed by atoms with Crippen molar-refractivity contribution < 1.29 is 32.3 Å². The lowest BCUT2D eigenvalue weighted by atomic mass is 10.1. The Labute approximate surface area is 210 Å². The number of carbonyl (C=O) groups is 3. The zero-order valence-electron chi connectivity index (χ0n) is 19.5. The molecule has 0 aromatic heterocycles. The van der Waals surface area contributed by atoms with Crippen LogP contribution < -0.4 is 15.8 Å². The van der Waals surface area contributed by atoms with Gasteiger partial charge in [-0.3, -0.25) is 9.59 Å². The van der Waals surface area contributed by atoms with E-state index in [4.69, 9.17) is 10.5 Å². The van der Waals surface area contributed by atoms with Crippen LogP contribution in [0.15, 0.2) is 60.7 Å². The Hall–Kier alpha value is -4.54. The highest BCUT2D eigenvalue weighted by molar-refractivity contribution is 5.96. The second-order valence-corrected chi connectivity index (χ2v) is 8.27. The molecule has 4 amide bonds. The van der Waals surface area contributed by atoms with Crippen molar-refractivity contribution in [1.29, 1.82) is 0 Å². The third-order valence-corrected chi connectivity index (χ3v) is 5.85. The van der Waals surface area contributed by atoms with Crippen LogP contribution in [0.1, 0.15) is 26.3 Å². The molecule has 3 aromatic rings. The van der Waals surface area contributed by atoms with E-state index in [9.17, 15) is 27.6 Å². The molecule has 0 bridgehead atoms. The van der Waals surface area contributed by atoms with Gasteiger partial charge in [0.1, 0.15) is 18.2 Å². The fourth-order valence-corrected chi connectivity index (χ4v) is 3.87. The lowest BCUT2D eigenvalue weighted by Crippen LogP contribution is -2.51. The Bertz CT molecular complexity index is 1340. The van der Waals surface area contributed by atoms with Crippen LogP contribution in [0.3, 0.4) is 0 Å². The summed E-state index contributed by atoms with van der Waals surface area (Å²) < 4.78 is 47.9. The van der Waals surface area contributed by atoms with Crippen LogP contribution in [0.4, 0.5) is 23.7 Å². The SMILES string of the molecule is NC(=O)c1cccc(F)c1OCc1ccc(F)c(C(=O)N2CCN(C(=O)Nc3ccccc3F)CC2)c1. The molecule has 11 heteroatoms. The molecule has 8 nitrogen and oxygen atoms in total. The number of nitrogens with one attached hydrogen (secondary N) is 1. The van der Waals surface area contributed by atoms with Gasteiger partial charge in [-0.25, -0.2) is 18.0 Å². The van der Waals surface area contributed by atoms with E-state index in [1.165, 1.54) is 52.3 Å². The number of rotatable bonds is 6. The first kappa shape index (κ1) is 25.5. The van der Waals surface area contributed by atoms with Crippen LogP contribution in [0.5, 0.6) is 5.75 Å². The number of carbonyl (C=O) groups excluding carboxylic acids is 3. The first-order chi connectivity index (χ1) is 17.7. The summed E-state index contributed by atoms with van der Waals surface area (Å²) in [5.41, 5.74) is 5.32. The Balaban J connectivity index is 1.39. The monoisotopic (exact) mass is 512 g/mol. The van der Waals surface area contributed by atoms with Crippen LogP contribution >= 0.6 is 0 Å². The van der Waals surface area contributed by atoms with Crippen molar-refractivity contribution in [3.8, 4) is 5.75 Å². The predicted molar refractivity (Wildman–Crippen MR) is 129 cm³/mol. The fourth-order valence-electron chi connectivity index (χ4n) is 3.87.